The average Bonchev–Trinajstić information content (AvgIpc) is 3.58. The molecule has 3 atom stereocenters. The highest BCUT2D eigenvalue weighted by Gasteiger charge is 2.37. The van der Waals surface area contributed by atoms with Crippen LogP contribution in [0.25, 0.3) is 5.69 Å². The van der Waals surface area contributed by atoms with E-state index in [0.717, 1.165) is 41.9 Å². The van der Waals surface area contributed by atoms with Gasteiger partial charge < -0.3 is 5.32 Å². The van der Waals surface area contributed by atoms with E-state index >= 15 is 0 Å². The molecule has 4 aromatic rings. The van der Waals surface area contributed by atoms with Gasteiger partial charge in [0.2, 0.25) is 0 Å². The third-order valence-corrected chi connectivity index (χ3v) is 8.45. The van der Waals surface area contributed by atoms with Crippen molar-refractivity contribution in [1.29, 1.82) is 0 Å². The van der Waals surface area contributed by atoms with Gasteiger partial charge in [-0.2, -0.15) is 5.10 Å². The molecule has 2 aliphatic rings. The highest BCUT2D eigenvalue weighted by molar-refractivity contribution is 5.91. The van der Waals surface area contributed by atoms with Gasteiger partial charge in [-0.15, -0.1) is 0 Å². The van der Waals surface area contributed by atoms with E-state index in [4.69, 9.17) is 0 Å². The number of nitrogens with zero attached hydrogens (tertiary/aromatic N) is 3. The van der Waals surface area contributed by atoms with Gasteiger partial charge >= 0.3 is 6.03 Å². The molecule has 6 rings (SSSR count). The molecule has 1 heterocycles. The number of anilines is 1. The number of hydrogen-bond acceptors (Lipinski definition) is 2. The Morgan fingerprint density at radius 2 is 1.82 bits per heavy atom. The van der Waals surface area contributed by atoms with E-state index in [0.29, 0.717) is 6.42 Å². The lowest BCUT2D eigenvalue weighted by atomic mass is 9.78. The summed E-state index contributed by atoms with van der Waals surface area (Å²) in [6.45, 7) is 2.22. The molecule has 204 valence electrons. The first-order valence-corrected chi connectivity index (χ1v) is 13.8. The molecule has 1 aromatic heterocycles. The van der Waals surface area contributed by atoms with Gasteiger partial charge in [-0.25, -0.2) is 18.3 Å². The van der Waals surface area contributed by atoms with E-state index in [-0.39, 0.29) is 35.5 Å². The first-order chi connectivity index (χ1) is 19.4. The average molecular weight is 539 g/mol. The zero-order valence-corrected chi connectivity index (χ0v) is 22.6. The minimum absolute atomic E-state index is 0.177. The Kier molecular flexibility index (Phi) is 6.96. The molecule has 1 N–H and O–H groups in total. The van der Waals surface area contributed by atoms with Gasteiger partial charge in [0.1, 0.15) is 11.6 Å². The van der Waals surface area contributed by atoms with Crippen LogP contribution in [0.5, 0.6) is 0 Å². The molecule has 3 aromatic carbocycles. The van der Waals surface area contributed by atoms with Crippen LogP contribution in [0.3, 0.4) is 0 Å². The van der Waals surface area contributed by atoms with Crippen LogP contribution >= 0.6 is 0 Å². The molecule has 0 fully saturated rings. The van der Waals surface area contributed by atoms with E-state index in [1.807, 2.05) is 47.3 Å². The van der Waals surface area contributed by atoms with Crippen molar-refractivity contribution in [3.63, 3.8) is 0 Å². The monoisotopic (exact) mass is 538 g/mol. The molecule has 0 bridgehead atoms. The van der Waals surface area contributed by atoms with Gasteiger partial charge in [-0.05, 0) is 79.3 Å². The smallest absolute Gasteiger partial charge is 0.322 e. The number of halogens is 2. The Hall–Kier alpha value is -4.26. The first kappa shape index (κ1) is 26.0. The second-order valence-electron chi connectivity index (χ2n) is 10.8. The number of hydrogen-bond donors (Lipinski definition) is 1. The number of urea groups is 1. The number of nitrogens with one attached hydrogen (secondary N) is 1. The summed E-state index contributed by atoms with van der Waals surface area (Å²) >= 11 is 0. The Balaban J connectivity index is 1.26. The maximum Gasteiger partial charge on any atom is 0.322 e. The number of para-hydroxylation sites is 1. The maximum atomic E-state index is 14.3. The number of benzene rings is 3. The summed E-state index contributed by atoms with van der Waals surface area (Å²) in [5.74, 6) is -0.153. The van der Waals surface area contributed by atoms with Crippen molar-refractivity contribution in [1.82, 2.24) is 15.1 Å². The van der Waals surface area contributed by atoms with Gasteiger partial charge in [0, 0.05) is 30.6 Å². The number of rotatable bonds is 6. The van der Waals surface area contributed by atoms with E-state index in [2.05, 4.69) is 17.3 Å². The minimum Gasteiger partial charge on any atom is -0.331 e. The molecule has 40 heavy (non-hydrogen) atoms. The van der Waals surface area contributed by atoms with E-state index in [1.54, 1.807) is 30.1 Å². The van der Waals surface area contributed by atoms with Crippen LogP contribution in [-0.2, 0) is 6.42 Å². The van der Waals surface area contributed by atoms with Crippen LogP contribution in [0.1, 0.15) is 55.0 Å². The van der Waals surface area contributed by atoms with Crippen molar-refractivity contribution in [2.75, 3.05) is 11.9 Å². The van der Waals surface area contributed by atoms with E-state index < -0.39 is 0 Å². The summed E-state index contributed by atoms with van der Waals surface area (Å²) in [7, 11) is 1.74. The third kappa shape index (κ3) is 4.92. The van der Waals surface area contributed by atoms with Crippen molar-refractivity contribution < 1.29 is 13.6 Å². The lowest BCUT2D eigenvalue weighted by molar-refractivity contribution is 0.241. The lowest BCUT2D eigenvalue weighted by Gasteiger charge is -2.30. The Labute approximate surface area is 233 Å². The summed E-state index contributed by atoms with van der Waals surface area (Å²) in [6, 6.07) is 21.9. The molecule has 0 spiro atoms. The summed E-state index contributed by atoms with van der Waals surface area (Å²) in [4.78, 5) is 14.9. The van der Waals surface area contributed by atoms with Crippen LogP contribution in [0.2, 0.25) is 0 Å². The molecule has 0 saturated heterocycles. The first-order valence-electron chi connectivity index (χ1n) is 13.8. The maximum absolute atomic E-state index is 14.3. The van der Waals surface area contributed by atoms with Crippen LogP contribution in [0.15, 0.2) is 96.2 Å². The van der Waals surface area contributed by atoms with Crippen molar-refractivity contribution >= 4 is 11.7 Å². The van der Waals surface area contributed by atoms with Gasteiger partial charge in [0.25, 0.3) is 0 Å². The molecule has 2 amide bonds. The molecule has 2 aliphatic carbocycles. The minimum atomic E-state index is -0.346. The normalized spacial score (nSPS) is 18.7. The van der Waals surface area contributed by atoms with Crippen LogP contribution < -0.4 is 10.2 Å². The van der Waals surface area contributed by atoms with E-state index in [1.165, 1.54) is 41.0 Å². The molecule has 0 saturated carbocycles. The van der Waals surface area contributed by atoms with Crippen LogP contribution in [-0.4, -0.2) is 22.9 Å². The SMILES string of the molecule is C[C@@H]1C2=C(CC[C@@H]2CC(NC(=O)N(C)c2ccccc2)c2cccc(F)c2)Cc2c1cnn2-c1ccc(F)cc1. The zero-order chi connectivity index (χ0) is 27.8. The van der Waals surface area contributed by atoms with Crippen molar-refractivity contribution in [2.45, 2.75) is 44.6 Å². The number of allylic oxidation sites excluding steroid dienone is 2. The fraction of sp³-hybridized carbons (Fsp3) is 0.273. The quantitative estimate of drug-likeness (QED) is 0.259. The largest absolute Gasteiger partial charge is 0.331 e. The topological polar surface area (TPSA) is 50.2 Å². The summed E-state index contributed by atoms with van der Waals surface area (Å²) in [5, 5.41) is 7.87. The third-order valence-electron chi connectivity index (χ3n) is 8.45. The molecule has 5 nitrogen and oxygen atoms in total. The Morgan fingerprint density at radius 1 is 1.05 bits per heavy atom. The Bertz CT molecular complexity index is 1560. The highest BCUT2D eigenvalue weighted by Crippen LogP contribution is 2.49. The second-order valence-corrected chi connectivity index (χ2v) is 10.8. The molecule has 0 aliphatic heterocycles. The van der Waals surface area contributed by atoms with Crippen molar-refractivity contribution in [3.8, 4) is 5.69 Å². The Morgan fingerprint density at radius 3 is 2.58 bits per heavy atom. The van der Waals surface area contributed by atoms with Crippen LogP contribution in [0.4, 0.5) is 19.3 Å². The second kappa shape index (κ2) is 10.7. The molecular formula is C33H32F2N4O. The lowest BCUT2D eigenvalue weighted by Crippen LogP contribution is -2.40. The standard InChI is InChI=1S/C33H32F2N4O/c1-21-29-20-36-39(28-15-13-25(34)14-16-28)31(29)19-24-12-11-23(32(21)24)18-30(22-7-6-8-26(35)17-22)37-33(40)38(2)27-9-4-3-5-10-27/h3-10,13-17,20-21,23,30H,11-12,18-19H2,1-2H3,(H,37,40)/t21-,23+,30?/m0/s1. The summed E-state index contributed by atoms with van der Waals surface area (Å²) in [6.07, 6.45) is 5.38. The zero-order valence-electron chi connectivity index (χ0n) is 22.6. The molecule has 0 radical (unpaired) electrons. The van der Waals surface area contributed by atoms with Gasteiger partial charge in [-0.1, -0.05) is 48.4 Å². The van der Waals surface area contributed by atoms with Crippen LogP contribution in [0, 0.1) is 17.6 Å². The fourth-order valence-electron chi connectivity index (χ4n) is 6.43. The molecule has 1 unspecified atom stereocenters. The van der Waals surface area contributed by atoms with Gasteiger partial charge in [0.05, 0.1) is 23.6 Å². The number of fused-ring (bicyclic) bond motifs is 1. The fourth-order valence-corrected chi connectivity index (χ4v) is 6.43. The van der Waals surface area contributed by atoms with Crippen molar-refractivity contribution in [2.24, 2.45) is 5.92 Å². The summed E-state index contributed by atoms with van der Waals surface area (Å²) < 4.78 is 29.7. The van der Waals surface area contributed by atoms with Crippen molar-refractivity contribution in [3.05, 3.63) is 125 Å². The van der Waals surface area contributed by atoms with E-state index in [9.17, 15) is 13.6 Å². The highest BCUT2D eigenvalue weighted by atomic mass is 19.1. The molecular weight excluding hydrogens is 506 g/mol. The predicted molar refractivity (Wildman–Crippen MR) is 153 cm³/mol. The number of carbonyl (C=O) groups excluding carboxylic acids is 1. The number of aromatic nitrogens is 2. The van der Waals surface area contributed by atoms with Gasteiger partial charge in [0.15, 0.2) is 0 Å². The summed E-state index contributed by atoms with van der Waals surface area (Å²) in [5.41, 5.74) is 7.57. The number of carbonyl (C=O) groups is 1. The predicted octanol–water partition coefficient (Wildman–Crippen LogP) is 7.49. The van der Waals surface area contributed by atoms with Gasteiger partial charge in [-0.3, -0.25) is 4.90 Å². The number of amides is 2. The molecule has 7 heteroatoms.